The van der Waals surface area contributed by atoms with Crippen LogP contribution in [0.3, 0.4) is 0 Å². The van der Waals surface area contributed by atoms with Crippen LogP contribution in [-0.4, -0.2) is 86.7 Å². The molecule has 3 aliphatic rings. The van der Waals surface area contributed by atoms with E-state index in [1.807, 2.05) is 0 Å². The summed E-state index contributed by atoms with van der Waals surface area (Å²) in [6.07, 6.45) is 6.49. The van der Waals surface area contributed by atoms with Crippen LogP contribution in [-0.2, 0) is 0 Å². The Bertz CT molecular complexity index is 715. The van der Waals surface area contributed by atoms with Crippen LogP contribution in [0.15, 0.2) is 29.3 Å². The van der Waals surface area contributed by atoms with Crippen molar-refractivity contribution >= 4 is 5.96 Å². The van der Waals surface area contributed by atoms with E-state index >= 15 is 0 Å². The molecule has 6 heteroatoms. The lowest BCUT2D eigenvalue weighted by Crippen LogP contribution is -2.43. The maximum Gasteiger partial charge on any atom is 0.193 e. The number of guanidine groups is 1. The van der Waals surface area contributed by atoms with E-state index in [2.05, 4.69) is 58.3 Å². The van der Waals surface area contributed by atoms with Gasteiger partial charge >= 0.3 is 0 Å². The summed E-state index contributed by atoms with van der Waals surface area (Å²) in [7, 11) is 3.99. The van der Waals surface area contributed by atoms with Crippen LogP contribution in [0.4, 0.5) is 0 Å². The quantitative estimate of drug-likeness (QED) is 0.558. The number of nitrogens with one attached hydrogen (secondary N) is 1. The molecule has 172 valence electrons. The molecule has 0 amide bonds. The topological polar surface area (TPSA) is 43.3 Å². The van der Waals surface area contributed by atoms with Gasteiger partial charge < -0.3 is 15.0 Å². The third-order valence-electron chi connectivity index (χ3n) is 7.39. The number of likely N-dealkylation sites (tertiary alicyclic amines) is 3. The Morgan fingerprint density at radius 1 is 1.06 bits per heavy atom. The molecule has 3 aliphatic heterocycles. The highest BCUT2D eigenvalue weighted by Gasteiger charge is 2.33. The zero-order valence-corrected chi connectivity index (χ0v) is 19.7. The molecule has 3 heterocycles. The van der Waals surface area contributed by atoms with Crippen molar-refractivity contribution in [2.45, 2.75) is 51.1 Å². The fourth-order valence-electron chi connectivity index (χ4n) is 5.75. The lowest BCUT2D eigenvalue weighted by atomic mass is 9.85. The number of aliphatic imine (C=N–C) groups is 1. The molecule has 1 N–H and O–H groups in total. The van der Waals surface area contributed by atoms with E-state index in [1.54, 1.807) is 7.11 Å². The number of piperidine rings is 1. The summed E-state index contributed by atoms with van der Waals surface area (Å²) in [6.45, 7) is 9.95. The Balaban J connectivity index is 1.44. The number of rotatable bonds is 6. The van der Waals surface area contributed by atoms with Crippen LogP contribution < -0.4 is 10.1 Å². The summed E-state index contributed by atoms with van der Waals surface area (Å²) < 4.78 is 5.37. The Labute approximate surface area is 188 Å². The van der Waals surface area contributed by atoms with Crippen LogP contribution in [0.1, 0.15) is 50.6 Å². The van der Waals surface area contributed by atoms with Crippen LogP contribution in [0.25, 0.3) is 0 Å². The lowest BCUT2D eigenvalue weighted by molar-refractivity contribution is 0.125. The number of benzene rings is 1. The first-order valence-corrected chi connectivity index (χ1v) is 12.3. The molecule has 3 saturated heterocycles. The molecule has 6 nitrogen and oxygen atoms in total. The van der Waals surface area contributed by atoms with Crippen LogP contribution >= 0.6 is 0 Å². The fourth-order valence-corrected chi connectivity index (χ4v) is 5.75. The first kappa shape index (κ1) is 22.4. The molecular formula is C25H41N5O. The van der Waals surface area contributed by atoms with Gasteiger partial charge in [-0.05, 0) is 89.3 Å². The summed E-state index contributed by atoms with van der Waals surface area (Å²) in [4.78, 5) is 12.9. The highest BCUT2D eigenvalue weighted by atomic mass is 16.5. The number of ether oxygens (including phenoxy) is 1. The molecule has 0 saturated carbocycles. The van der Waals surface area contributed by atoms with Gasteiger partial charge in [0.2, 0.25) is 0 Å². The van der Waals surface area contributed by atoms with Crippen LogP contribution in [0.2, 0.25) is 0 Å². The molecule has 1 aromatic rings. The van der Waals surface area contributed by atoms with Gasteiger partial charge in [-0.25, -0.2) is 0 Å². The van der Waals surface area contributed by atoms with Gasteiger partial charge in [-0.2, -0.15) is 0 Å². The van der Waals surface area contributed by atoms with E-state index < -0.39 is 0 Å². The molecule has 0 bridgehead atoms. The zero-order chi connectivity index (χ0) is 21.6. The first-order chi connectivity index (χ1) is 15.2. The average molecular weight is 428 g/mol. The molecular weight excluding hydrogens is 386 g/mol. The standard InChI is InChI=1S/C25H41N5O/c1-4-26-25(30-17-13-22(19-30)29-15-5-6-16-29)27-18-21-8-7-14-28(2)24(21)20-9-11-23(31-3)12-10-20/h9-12,21-22,24H,4-8,13-19H2,1-3H3,(H,26,27). The molecule has 4 rings (SSSR count). The van der Waals surface area contributed by atoms with Crippen molar-refractivity contribution in [3.05, 3.63) is 29.8 Å². The van der Waals surface area contributed by atoms with Crippen molar-refractivity contribution in [2.75, 3.05) is 60.0 Å². The third kappa shape index (κ3) is 5.35. The van der Waals surface area contributed by atoms with Gasteiger partial charge in [0.05, 0.1) is 7.11 Å². The Morgan fingerprint density at radius 2 is 1.84 bits per heavy atom. The van der Waals surface area contributed by atoms with Gasteiger partial charge in [0, 0.05) is 38.3 Å². The van der Waals surface area contributed by atoms with Crippen LogP contribution in [0.5, 0.6) is 5.75 Å². The lowest BCUT2D eigenvalue weighted by Gasteiger charge is -2.39. The summed E-state index contributed by atoms with van der Waals surface area (Å²) in [5, 5.41) is 3.58. The molecule has 1 aromatic carbocycles. The number of methoxy groups -OCH3 is 1. The maximum atomic E-state index is 5.37. The molecule has 0 radical (unpaired) electrons. The van der Waals surface area contributed by atoms with Crippen molar-refractivity contribution in [1.29, 1.82) is 0 Å². The molecule has 0 aliphatic carbocycles. The van der Waals surface area contributed by atoms with Gasteiger partial charge in [0.15, 0.2) is 5.96 Å². The highest BCUT2D eigenvalue weighted by Crippen LogP contribution is 2.36. The smallest absolute Gasteiger partial charge is 0.193 e. The summed E-state index contributed by atoms with van der Waals surface area (Å²) >= 11 is 0. The van der Waals surface area contributed by atoms with Gasteiger partial charge in [-0.1, -0.05) is 12.1 Å². The Hall–Kier alpha value is -1.79. The van der Waals surface area contributed by atoms with E-state index in [0.717, 1.165) is 44.4 Å². The second-order valence-electron chi connectivity index (χ2n) is 9.43. The zero-order valence-electron chi connectivity index (χ0n) is 19.7. The first-order valence-electron chi connectivity index (χ1n) is 12.3. The van der Waals surface area contributed by atoms with Gasteiger partial charge in [-0.15, -0.1) is 0 Å². The fraction of sp³-hybridized carbons (Fsp3) is 0.720. The number of hydrogen-bond donors (Lipinski definition) is 1. The SMILES string of the molecule is CCNC(=NCC1CCCN(C)C1c1ccc(OC)cc1)N1CCC(N2CCCC2)C1. The molecule has 3 fully saturated rings. The summed E-state index contributed by atoms with van der Waals surface area (Å²) in [5.41, 5.74) is 1.38. The predicted octanol–water partition coefficient (Wildman–Crippen LogP) is 3.21. The Morgan fingerprint density at radius 3 is 2.55 bits per heavy atom. The molecule has 0 spiro atoms. The predicted molar refractivity (Wildman–Crippen MR) is 128 cm³/mol. The van der Waals surface area contributed by atoms with E-state index in [9.17, 15) is 0 Å². The molecule has 0 aromatic heterocycles. The molecule has 3 atom stereocenters. The monoisotopic (exact) mass is 427 g/mol. The van der Waals surface area contributed by atoms with Gasteiger partial charge in [-0.3, -0.25) is 14.8 Å². The van der Waals surface area contributed by atoms with E-state index in [0.29, 0.717) is 18.0 Å². The van der Waals surface area contributed by atoms with Crippen molar-refractivity contribution < 1.29 is 4.74 Å². The van der Waals surface area contributed by atoms with Crippen LogP contribution in [0, 0.1) is 5.92 Å². The van der Waals surface area contributed by atoms with Crippen molar-refractivity contribution in [1.82, 2.24) is 20.0 Å². The van der Waals surface area contributed by atoms with Crippen molar-refractivity contribution in [3.8, 4) is 5.75 Å². The van der Waals surface area contributed by atoms with Crippen molar-refractivity contribution in [3.63, 3.8) is 0 Å². The van der Waals surface area contributed by atoms with E-state index in [-0.39, 0.29) is 0 Å². The van der Waals surface area contributed by atoms with E-state index in [4.69, 9.17) is 9.73 Å². The largest absolute Gasteiger partial charge is 0.497 e. The second-order valence-corrected chi connectivity index (χ2v) is 9.43. The highest BCUT2D eigenvalue weighted by molar-refractivity contribution is 5.80. The number of hydrogen-bond acceptors (Lipinski definition) is 4. The Kier molecular flexibility index (Phi) is 7.72. The summed E-state index contributed by atoms with van der Waals surface area (Å²) in [6, 6.07) is 9.76. The normalized spacial score (nSPS) is 28.3. The minimum Gasteiger partial charge on any atom is -0.497 e. The van der Waals surface area contributed by atoms with Crippen molar-refractivity contribution in [2.24, 2.45) is 10.9 Å². The average Bonchev–Trinajstić information content (AvgIpc) is 3.49. The maximum absolute atomic E-state index is 5.37. The number of nitrogens with zero attached hydrogens (tertiary/aromatic N) is 4. The minimum absolute atomic E-state index is 0.419. The molecule has 31 heavy (non-hydrogen) atoms. The second kappa shape index (κ2) is 10.7. The summed E-state index contributed by atoms with van der Waals surface area (Å²) in [5.74, 6) is 2.58. The molecule has 3 unspecified atom stereocenters. The third-order valence-corrected chi connectivity index (χ3v) is 7.39. The van der Waals surface area contributed by atoms with E-state index in [1.165, 1.54) is 50.8 Å². The van der Waals surface area contributed by atoms with Gasteiger partial charge in [0.25, 0.3) is 0 Å². The minimum atomic E-state index is 0.419. The van der Waals surface area contributed by atoms with Gasteiger partial charge in [0.1, 0.15) is 5.75 Å².